The normalized spacial score (nSPS) is 9.89. The minimum Gasteiger partial charge on any atom is -0.338 e. The Labute approximate surface area is 115 Å². The SMILES string of the molecule is Cc1cccc(Nc2nccc(C)c2C#N)c1Br. The molecule has 1 aromatic carbocycles. The van der Waals surface area contributed by atoms with Gasteiger partial charge in [-0.15, -0.1) is 0 Å². The second-order valence-electron chi connectivity index (χ2n) is 4.02. The topological polar surface area (TPSA) is 48.7 Å². The van der Waals surface area contributed by atoms with Crippen LogP contribution in [-0.4, -0.2) is 4.98 Å². The van der Waals surface area contributed by atoms with Crippen molar-refractivity contribution in [3.63, 3.8) is 0 Å². The summed E-state index contributed by atoms with van der Waals surface area (Å²) in [5.41, 5.74) is 3.53. The van der Waals surface area contributed by atoms with Gasteiger partial charge in [-0.3, -0.25) is 0 Å². The molecule has 0 bridgehead atoms. The first kappa shape index (κ1) is 12.6. The number of nitriles is 1. The molecule has 1 aromatic heterocycles. The number of pyridine rings is 1. The maximum absolute atomic E-state index is 9.16. The van der Waals surface area contributed by atoms with E-state index in [1.54, 1.807) is 6.20 Å². The average molecular weight is 302 g/mol. The number of benzene rings is 1. The van der Waals surface area contributed by atoms with Gasteiger partial charge in [0.2, 0.25) is 0 Å². The molecule has 0 fully saturated rings. The Kier molecular flexibility index (Phi) is 3.63. The number of hydrogen-bond donors (Lipinski definition) is 1. The number of aromatic nitrogens is 1. The van der Waals surface area contributed by atoms with Crippen molar-refractivity contribution in [3.05, 3.63) is 51.6 Å². The van der Waals surface area contributed by atoms with E-state index in [0.717, 1.165) is 21.3 Å². The molecular formula is C14H12BrN3. The Bertz CT molecular complexity index is 629. The standard InChI is InChI=1S/C14H12BrN3/c1-9-6-7-17-14(11(9)8-16)18-12-5-3-4-10(2)13(12)15/h3-7H,1-2H3,(H,17,18). The number of nitrogens with one attached hydrogen (secondary N) is 1. The fourth-order valence-corrected chi connectivity index (χ4v) is 2.03. The van der Waals surface area contributed by atoms with Crippen LogP contribution in [0.15, 0.2) is 34.9 Å². The monoisotopic (exact) mass is 301 g/mol. The maximum atomic E-state index is 9.16. The van der Waals surface area contributed by atoms with E-state index in [9.17, 15) is 0 Å². The van der Waals surface area contributed by atoms with E-state index in [1.807, 2.05) is 38.1 Å². The largest absolute Gasteiger partial charge is 0.338 e. The molecule has 0 amide bonds. The smallest absolute Gasteiger partial charge is 0.148 e. The van der Waals surface area contributed by atoms with Gasteiger partial charge in [0, 0.05) is 10.7 Å². The van der Waals surface area contributed by atoms with Gasteiger partial charge in [0.15, 0.2) is 0 Å². The molecule has 4 heteroatoms. The first-order chi connectivity index (χ1) is 8.63. The molecule has 0 aliphatic carbocycles. The number of hydrogen-bond acceptors (Lipinski definition) is 3. The van der Waals surface area contributed by atoms with Crippen LogP contribution in [0.3, 0.4) is 0 Å². The Balaban J connectivity index is 2.44. The lowest BCUT2D eigenvalue weighted by molar-refractivity contribution is 1.24. The summed E-state index contributed by atoms with van der Waals surface area (Å²) >= 11 is 3.53. The summed E-state index contributed by atoms with van der Waals surface area (Å²) in [6, 6.07) is 9.93. The van der Waals surface area contributed by atoms with E-state index in [0.29, 0.717) is 11.4 Å². The van der Waals surface area contributed by atoms with Gasteiger partial charge in [-0.2, -0.15) is 5.26 Å². The highest BCUT2D eigenvalue weighted by Gasteiger charge is 2.09. The van der Waals surface area contributed by atoms with E-state index >= 15 is 0 Å². The molecular weight excluding hydrogens is 290 g/mol. The van der Waals surface area contributed by atoms with E-state index in [1.165, 1.54) is 0 Å². The van der Waals surface area contributed by atoms with Gasteiger partial charge in [0.25, 0.3) is 0 Å². The Morgan fingerprint density at radius 1 is 1.22 bits per heavy atom. The first-order valence-corrected chi connectivity index (χ1v) is 6.30. The van der Waals surface area contributed by atoms with Crippen molar-refractivity contribution in [2.24, 2.45) is 0 Å². The van der Waals surface area contributed by atoms with E-state index in [2.05, 4.69) is 32.3 Å². The molecule has 18 heavy (non-hydrogen) atoms. The molecule has 0 aliphatic heterocycles. The predicted octanol–water partition coefficient (Wildman–Crippen LogP) is 4.08. The molecule has 2 aromatic rings. The summed E-state index contributed by atoms with van der Waals surface area (Å²) in [6.07, 6.45) is 1.70. The number of aryl methyl sites for hydroxylation is 2. The van der Waals surface area contributed by atoms with Crippen molar-refractivity contribution >= 4 is 27.4 Å². The van der Waals surface area contributed by atoms with Crippen molar-refractivity contribution in [2.75, 3.05) is 5.32 Å². The zero-order chi connectivity index (χ0) is 13.1. The Morgan fingerprint density at radius 3 is 2.72 bits per heavy atom. The molecule has 0 spiro atoms. The van der Waals surface area contributed by atoms with Crippen LogP contribution in [0.25, 0.3) is 0 Å². The van der Waals surface area contributed by atoms with Gasteiger partial charge in [-0.05, 0) is 53.0 Å². The number of nitrogens with zero attached hydrogens (tertiary/aromatic N) is 2. The van der Waals surface area contributed by atoms with Gasteiger partial charge < -0.3 is 5.32 Å². The third kappa shape index (κ3) is 2.36. The molecule has 1 heterocycles. The minimum absolute atomic E-state index is 0.575. The van der Waals surface area contributed by atoms with Crippen LogP contribution in [0.1, 0.15) is 16.7 Å². The average Bonchev–Trinajstić information content (AvgIpc) is 2.35. The highest BCUT2D eigenvalue weighted by atomic mass is 79.9. The van der Waals surface area contributed by atoms with Crippen LogP contribution < -0.4 is 5.32 Å². The molecule has 0 unspecified atom stereocenters. The van der Waals surface area contributed by atoms with Crippen LogP contribution in [0, 0.1) is 25.2 Å². The lowest BCUT2D eigenvalue weighted by Gasteiger charge is -2.11. The lowest BCUT2D eigenvalue weighted by Crippen LogP contribution is -1.99. The maximum Gasteiger partial charge on any atom is 0.148 e. The molecule has 0 atom stereocenters. The summed E-state index contributed by atoms with van der Waals surface area (Å²) in [5, 5.41) is 12.4. The molecule has 3 nitrogen and oxygen atoms in total. The Hall–Kier alpha value is -1.86. The molecule has 0 radical (unpaired) electrons. The summed E-state index contributed by atoms with van der Waals surface area (Å²) < 4.78 is 0.984. The number of anilines is 2. The van der Waals surface area contributed by atoms with E-state index in [4.69, 9.17) is 5.26 Å². The molecule has 2 rings (SSSR count). The van der Waals surface area contributed by atoms with Crippen LogP contribution >= 0.6 is 15.9 Å². The van der Waals surface area contributed by atoms with Gasteiger partial charge in [-0.25, -0.2) is 4.98 Å². The summed E-state index contributed by atoms with van der Waals surface area (Å²) in [5.74, 6) is 0.587. The van der Waals surface area contributed by atoms with Crippen molar-refractivity contribution < 1.29 is 0 Å². The first-order valence-electron chi connectivity index (χ1n) is 5.51. The van der Waals surface area contributed by atoms with Gasteiger partial charge >= 0.3 is 0 Å². The second-order valence-corrected chi connectivity index (χ2v) is 4.82. The molecule has 0 saturated carbocycles. The third-order valence-electron chi connectivity index (χ3n) is 2.72. The molecule has 90 valence electrons. The Morgan fingerprint density at radius 2 is 2.00 bits per heavy atom. The van der Waals surface area contributed by atoms with Crippen LogP contribution in [0.4, 0.5) is 11.5 Å². The van der Waals surface area contributed by atoms with Crippen molar-refractivity contribution in [1.29, 1.82) is 5.26 Å². The van der Waals surface area contributed by atoms with Crippen LogP contribution in [0.5, 0.6) is 0 Å². The zero-order valence-electron chi connectivity index (χ0n) is 10.2. The summed E-state index contributed by atoms with van der Waals surface area (Å²) in [7, 11) is 0. The lowest BCUT2D eigenvalue weighted by atomic mass is 10.1. The van der Waals surface area contributed by atoms with E-state index in [-0.39, 0.29) is 0 Å². The summed E-state index contributed by atoms with van der Waals surface area (Å²) in [6.45, 7) is 3.92. The highest BCUT2D eigenvalue weighted by molar-refractivity contribution is 9.10. The summed E-state index contributed by atoms with van der Waals surface area (Å²) in [4.78, 5) is 4.22. The second kappa shape index (κ2) is 5.19. The van der Waals surface area contributed by atoms with Gasteiger partial charge in [0.05, 0.1) is 11.3 Å². The van der Waals surface area contributed by atoms with Crippen molar-refractivity contribution in [3.8, 4) is 6.07 Å². The molecule has 0 saturated heterocycles. The quantitative estimate of drug-likeness (QED) is 0.909. The minimum atomic E-state index is 0.575. The van der Waals surface area contributed by atoms with Gasteiger partial charge in [0.1, 0.15) is 11.9 Å². The number of rotatable bonds is 2. The molecule has 1 N–H and O–H groups in total. The van der Waals surface area contributed by atoms with Crippen molar-refractivity contribution in [2.45, 2.75) is 13.8 Å². The highest BCUT2D eigenvalue weighted by Crippen LogP contribution is 2.29. The van der Waals surface area contributed by atoms with Crippen LogP contribution in [0.2, 0.25) is 0 Å². The fourth-order valence-electron chi connectivity index (χ4n) is 1.67. The predicted molar refractivity (Wildman–Crippen MR) is 75.9 cm³/mol. The zero-order valence-corrected chi connectivity index (χ0v) is 11.7. The van der Waals surface area contributed by atoms with E-state index < -0.39 is 0 Å². The fraction of sp³-hybridized carbons (Fsp3) is 0.143. The number of halogens is 1. The third-order valence-corrected chi connectivity index (χ3v) is 3.77. The van der Waals surface area contributed by atoms with Gasteiger partial charge in [-0.1, -0.05) is 12.1 Å². The van der Waals surface area contributed by atoms with Crippen molar-refractivity contribution in [1.82, 2.24) is 4.98 Å². The molecule has 0 aliphatic rings. The van der Waals surface area contributed by atoms with Crippen LogP contribution in [-0.2, 0) is 0 Å².